The summed E-state index contributed by atoms with van der Waals surface area (Å²) in [5.41, 5.74) is 1.59. The highest BCUT2D eigenvalue weighted by atomic mass is 35.5. The third kappa shape index (κ3) is 3.29. The standard InChI is InChI=1S/C16H9Cl2FN2O4/c17-8-4-5-12(10(18)6-8)25-7-13(22)20-21-15(23)9-2-1-3-11(19)14(9)16(21)24/h1-6H,7H2,(H,20,22). The number of nitrogens with one attached hydrogen (secondary N) is 1. The highest BCUT2D eigenvalue weighted by Gasteiger charge is 2.39. The zero-order valence-electron chi connectivity index (χ0n) is 12.4. The number of carbonyl (C=O) groups is 3. The minimum Gasteiger partial charge on any atom is -0.482 e. The molecule has 6 nitrogen and oxygen atoms in total. The molecule has 0 saturated heterocycles. The van der Waals surface area contributed by atoms with Gasteiger partial charge in [-0.05, 0) is 30.3 Å². The van der Waals surface area contributed by atoms with E-state index in [-0.39, 0.29) is 21.9 Å². The lowest BCUT2D eigenvalue weighted by Crippen LogP contribution is -2.47. The quantitative estimate of drug-likeness (QED) is 0.824. The van der Waals surface area contributed by atoms with Crippen LogP contribution in [0.5, 0.6) is 5.75 Å². The van der Waals surface area contributed by atoms with Crippen LogP contribution >= 0.6 is 23.2 Å². The van der Waals surface area contributed by atoms with E-state index >= 15 is 0 Å². The molecule has 0 fully saturated rings. The second-order valence-electron chi connectivity index (χ2n) is 5.01. The van der Waals surface area contributed by atoms with Crippen molar-refractivity contribution in [2.75, 3.05) is 6.61 Å². The van der Waals surface area contributed by atoms with Crippen LogP contribution in [0, 0.1) is 5.82 Å². The Morgan fingerprint density at radius 1 is 1.16 bits per heavy atom. The molecule has 0 unspecified atom stereocenters. The van der Waals surface area contributed by atoms with Gasteiger partial charge < -0.3 is 4.74 Å². The molecule has 0 spiro atoms. The van der Waals surface area contributed by atoms with Gasteiger partial charge in [0.1, 0.15) is 11.6 Å². The van der Waals surface area contributed by atoms with Gasteiger partial charge in [0.15, 0.2) is 6.61 Å². The number of hydrogen-bond donors (Lipinski definition) is 1. The van der Waals surface area contributed by atoms with Gasteiger partial charge in [0, 0.05) is 5.02 Å². The van der Waals surface area contributed by atoms with Crippen LogP contribution in [0.3, 0.4) is 0 Å². The maximum absolute atomic E-state index is 13.7. The first-order valence-electron chi connectivity index (χ1n) is 6.93. The van der Waals surface area contributed by atoms with Crippen molar-refractivity contribution in [1.82, 2.24) is 10.4 Å². The van der Waals surface area contributed by atoms with Crippen molar-refractivity contribution in [3.63, 3.8) is 0 Å². The molecule has 1 aliphatic heterocycles. The zero-order valence-corrected chi connectivity index (χ0v) is 13.9. The van der Waals surface area contributed by atoms with Gasteiger partial charge in [-0.15, -0.1) is 0 Å². The Balaban J connectivity index is 1.67. The average Bonchev–Trinajstić information content (AvgIpc) is 2.80. The first kappa shape index (κ1) is 17.2. The van der Waals surface area contributed by atoms with E-state index in [0.29, 0.717) is 10.0 Å². The van der Waals surface area contributed by atoms with Gasteiger partial charge in [-0.2, -0.15) is 5.01 Å². The molecule has 0 aromatic heterocycles. The van der Waals surface area contributed by atoms with Gasteiger partial charge in [0.25, 0.3) is 17.7 Å². The lowest BCUT2D eigenvalue weighted by molar-refractivity contribution is -0.126. The van der Waals surface area contributed by atoms with Crippen LogP contribution in [0.25, 0.3) is 0 Å². The number of hydrazine groups is 1. The number of imide groups is 1. The van der Waals surface area contributed by atoms with Crippen LogP contribution in [0.4, 0.5) is 4.39 Å². The molecule has 0 aliphatic carbocycles. The Kier molecular flexibility index (Phi) is 4.61. The largest absolute Gasteiger partial charge is 0.482 e. The van der Waals surface area contributed by atoms with E-state index in [1.54, 1.807) is 0 Å². The van der Waals surface area contributed by atoms with Gasteiger partial charge >= 0.3 is 0 Å². The minimum atomic E-state index is -0.948. The van der Waals surface area contributed by atoms with Gasteiger partial charge in [-0.25, -0.2) is 4.39 Å². The highest BCUT2D eigenvalue weighted by molar-refractivity contribution is 6.35. The summed E-state index contributed by atoms with van der Waals surface area (Å²) in [5.74, 6) is -3.19. The van der Waals surface area contributed by atoms with E-state index in [2.05, 4.69) is 5.43 Å². The molecule has 1 aliphatic rings. The summed E-state index contributed by atoms with van der Waals surface area (Å²) in [6, 6.07) is 8.08. The predicted octanol–water partition coefficient (Wildman–Crippen LogP) is 2.84. The van der Waals surface area contributed by atoms with Crippen molar-refractivity contribution < 1.29 is 23.5 Å². The van der Waals surface area contributed by atoms with E-state index in [9.17, 15) is 18.8 Å². The first-order chi connectivity index (χ1) is 11.9. The molecule has 9 heteroatoms. The number of nitrogens with zero attached hydrogens (tertiary/aromatic N) is 1. The van der Waals surface area contributed by atoms with E-state index in [0.717, 1.165) is 6.07 Å². The van der Waals surface area contributed by atoms with Crippen LogP contribution in [0.2, 0.25) is 10.0 Å². The average molecular weight is 383 g/mol. The number of halogens is 3. The molecule has 25 heavy (non-hydrogen) atoms. The van der Waals surface area contributed by atoms with E-state index in [1.165, 1.54) is 30.3 Å². The highest BCUT2D eigenvalue weighted by Crippen LogP contribution is 2.27. The second kappa shape index (κ2) is 6.70. The maximum atomic E-state index is 13.7. The van der Waals surface area contributed by atoms with Crippen LogP contribution < -0.4 is 10.2 Å². The summed E-state index contributed by atoms with van der Waals surface area (Å²) in [6.07, 6.45) is 0. The molecule has 0 bridgehead atoms. The molecular weight excluding hydrogens is 374 g/mol. The Bertz CT molecular complexity index is 904. The van der Waals surface area contributed by atoms with Crippen molar-refractivity contribution in [3.05, 3.63) is 63.4 Å². The molecule has 1 heterocycles. The van der Waals surface area contributed by atoms with E-state index in [4.69, 9.17) is 27.9 Å². The Hall–Kier alpha value is -2.64. The molecule has 0 saturated carbocycles. The van der Waals surface area contributed by atoms with Crippen LogP contribution in [-0.2, 0) is 4.79 Å². The van der Waals surface area contributed by atoms with Crippen molar-refractivity contribution >= 4 is 40.9 Å². The van der Waals surface area contributed by atoms with Gasteiger partial charge in [0.05, 0.1) is 16.1 Å². The molecular formula is C16H9Cl2FN2O4. The number of carbonyl (C=O) groups excluding carboxylic acids is 3. The van der Waals surface area contributed by atoms with Crippen molar-refractivity contribution in [2.45, 2.75) is 0 Å². The van der Waals surface area contributed by atoms with Crippen molar-refractivity contribution in [3.8, 4) is 5.75 Å². The summed E-state index contributed by atoms with van der Waals surface area (Å²) < 4.78 is 18.9. The first-order valence-corrected chi connectivity index (χ1v) is 7.68. The van der Waals surface area contributed by atoms with Gasteiger partial charge in [0.2, 0.25) is 0 Å². The number of ether oxygens (including phenoxy) is 1. The molecule has 1 N–H and O–H groups in total. The monoisotopic (exact) mass is 382 g/mol. The minimum absolute atomic E-state index is 0.119. The van der Waals surface area contributed by atoms with E-state index < -0.39 is 30.1 Å². The topological polar surface area (TPSA) is 75.7 Å². The number of amides is 3. The van der Waals surface area contributed by atoms with Crippen LogP contribution in [-0.4, -0.2) is 29.3 Å². The normalized spacial score (nSPS) is 13.0. The maximum Gasteiger partial charge on any atom is 0.283 e. The van der Waals surface area contributed by atoms with Crippen molar-refractivity contribution in [1.29, 1.82) is 0 Å². The predicted molar refractivity (Wildman–Crippen MR) is 87.0 cm³/mol. The Morgan fingerprint density at radius 3 is 2.60 bits per heavy atom. The number of benzene rings is 2. The number of fused-ring (bicyclic) bond motifs is 1. The zero-order chi connectivity index (χ0) is 18.1. The third-order valence-electron chi connectivity index (χ3n) is 3.35. The number of rotatable bonds is 4. The Labute approximate surface area is 151 Å². The van der Waals surface area contributed by atoms with Gasteiger partial charge in [-0.3, -0.25) is 19.8 Å². The summed E-state index contributed by atoms with van der Waals surface area (Å²) in [7, 11) is 0. The smallest absolute Gasteiger partial charge is 0.283 e. The fourth-order valence-corrected chi connectivity index (χ4v) is 2.70. The SMILES string of the molecule is O=C(COc1ccc(Cl)cc1Cl)NN1C(=O)c2cccc(F)c2C1=O. The molecule has 0 radical (unpaired) electrons. The van der Waals surface area contributed by atoms with Crippen LogP contribution in [0.15, 0.2) is 36.4 Å². The van der Waals surface area contributed by atoms with Crippen molar-refractivity contribution in [2.24, 2.45) is 0 Å². The molecule has 0 atom stereocenters. The summed E-state index contributed by atoms with van der Waals surface area (Å²) in [4.78, 5) is 36.1. The fraction of sp³-hybridized carbons (Fsp3) is 0.0625. The molecule has 2 aromatic rings. The van der Waals surface area contributed by atoms with E-state index in [1.807, 2.05) is 0 Å². The molecule has 3 amide bonds. The van der Waals surface area contributed by atoms with Crippen LogP contribution in [0.1, 0.15) is 20.7 Å². The lowest BCUT2D eigenvalue weighted by Gasteiger charge is -2.15. The summed E-state index contributed by atoms with van der Waals surface area (Å²) >= 11 is 11.7. The van der Waals surface area contributed by atoms with Gasteiger partial charge in [-0.1, -0.05) is 29.3 Å². The lowest BCUT2D eigenvalue weighted by atomic mass is 10.1. The third-order valence-corrected chi connectivity index (χ3v) is 3.88. The second-order valence-corrected chi connectivity index (χ2v) is 5.85. The summed E-state index contributed by atoms with van der Waals surface area (Å²) in [5, 5.41) is 1.04. The molecule has 3 rings (SSSR count). The molecule has 128 valence electrons. The molecule has 2 aromatic carbocycles. The fourth-order valence-electron chi connectivity index (χ4n) is 2.24. The Morgan fingerprint density at radius 2 is 1.92 bits per heavy atom. The number of hydrogen-bond acceptors (Lipinski definition) is 4. The summed E-state index contributed by atoms with van der Waals surface area (Å²) in [6.45, 7) is -0.517.